The lowest BCUT2D eigenvalue weighted by molar-refractivity contribution is 1.12. The van der Waals surface area contributed by atoms with Crippen molar-refractivity contribution in [2.24, 2.45) is 0 Å². The molecule has 0 aliphatic rings. The van der Waals surface area contributed by atoms with Gasteiger partial charge >= 0.3 is 0 Å². The number of aromatic nitrogens is 2. The van der Waals surface area contributed by atoms with Crippen molar-refractivity contribution in [3.05, 3.63) is 34.7 Å². The number of pyridine rings is 2. The topological polar surface area (TPSA) is 25.8 Å². The Balaban J connectivity index is 2.84. The third-order valence-electron chi connectivity index (χ3n) is 2.29. The molecule has 3 heteroatoms. The van der Waals surface area contributed by atoms with Crippen molar-refractivity contribution in [2.45, 2.75) is 20.3 Å². The SMILES string of the molecule is CCc1cnc(Cl)c2nc(C)ccc12. The maximum atomic E-state index is 5.98. The lowest BCUT2D eigenvalue weighted by Gasteiger charge is -2.04. The number of hydrogen-bond acceptors (Lipinski definition) is 2. The van der Waals surface area contributed by atoms with Crippen molar-refractivity contribution < 1.29 is 0 Å². The van der Waals surface area contributed by atoms with Crippen molar-refractivity contribution >= 4 is 22.5 Å². The van der Waals surface area contributed by atoms with Gasteiger partial charge in [-0.05, 0) is 25.0 Å². The molecule has 2 heterocycles. The van der Waals surface area contributed by atoms with E-state index < -0.39 is 0 Å². The highest BCUT2D eigenvalue weighted by atomic mass is 35.5. The van der Waals surface area contributed by atoms with Crippen LogP contribution in [0.1, 0.15) is 18.2 Å². The highest BCUT2D eigenvalue weighted by molar-refractivity contribution is 6.33. The molecule has 72 valence electrons. The summed E-state index contributed by atoms with van der Waals surface area (Å²) in [6, 6.07) is 4.06. The number of rotatable bonds is 1. The van der Waals surface area contributed by atoms with Gasteiger partial charge in [-0.25, -0.2) is 9.97 Å². The smallest absolute Gasteiger partial charge is 0.155 e. The standard InChI is InChI=1S/C11H11ClN2/c1-3-8-6-13-11(12)10-9(8)5-4-7(2)14-10/h4-6H,3H2,1-2H3. The molecular formula is C11H11ClN2. The van der Waals surface area contributed by atoms with Crippen LogP contribution in [-0.4, -0.2) is 9.97 Å². The summed E-state index contributed by atoms with van der Waals surface area (Å²) in [6.45, 7) is 4.05. The van der Waals surface area contributed by atoms with Gasteiger partial charge in [0, 0.05) is 17.3 Å². The first-order chi connectivity index (χ1) is 6.72. The third-order valence-corrected chi connectivity index (χ3v) is 2.57. The van der Waals surface area contributed by atoms with E-state index in [1.54, 1.807) is 0 Å². The van der Waals surface area contributed by atoms with Crippen LogP contribution < -0.4 is 0 Å². The maximum Gasteiger partial charge on any atom is 0.155 e. The van der Waals surface area contributed by atoms with Crippen LogP contribution in [0.15, 0.2) is 18.3 Å². The second-order valence-electron chi connectivity index (χ2n) is 3.28. The molecule has 2 aromatic rings. The van der Waals surface area contributed by atoms with Gasteiger partial charge in [-0.3, -0.25) is 0 Å². The third kappa shape index (κ3) is 1.46. The van der Waals surface area contributed by atoms with Crippen LogP contribution in [0.25, 0.3) is 10.9 Å². The van der Waals surface area contributed by atoms with Crippen LogP contribution in [0.5, 0.6) is 0 Å². The monoisotopic (exact) mass is 206 g/mol. The molecule has 0 bridgehead atoms. The first-order valence-electron chi connectivity index (χ1n) is 4.63. The van der Waals surface area contributed by atoms with Gasteiger partial charge in [-0.2, -0.15) is 0 Å². The molecule has 2 aromatic heterocycles. The van der Waals surface area contributed by atoms with E-state index in [2.05, 4.69) is 23.0 Å². The lowest BCUT2D eigenvalue weighted by atomic mass is 10.1. The van der Waals surface area contributed by atoms with Gasteiger partial charge in [-0.15, -0.1) is 0 Å². The highest BCUT2D eigenvalue weighted by Gasteiger charge is 2.05. The van der Waals surface area contributed by atoms with E-state index in [4.69, 9.17) is 11.6 Å². The van der Waals surface area contributed by atoms with Crippen molar-refractivity contribution in [3.8, 4) is 0 Å². The second kappa shape index (κ2) is 3.54. The molecule has 0 aromatic carbocycles. The van der Waals surface area contributed by atoms with Crippen LogP contribution in [0, 0.1) is 6.92 Å². The summed E-state index contributed by atoms with van der Waals surface area (Å²) in [5, 5.41) is 1.60. The van der Waals surface area contributed by atoms with E-state index in [0.717, 1.165) is 23.0 Å². The summed E-state index contributed by atoms with van der Waals surface area (Å²) in [4.78, 5) is 8.51. The van der Waals surface area contributed by atoms with Gasteiger partial charge in [0.2, 0.25) is 0 Å². The summed E-state index contributed by atoms with van der Waals surface area (Å²) in [5.74, 6) is 0. The summed E-state index contributed by atoms with van der Waals surface area (Å²) in [6.07, 6.45) is 2.77. The fourth-order valence-electron chi connectivity index (χ4n) is 1.52. The molecule has 0 saturated carbocycles. The van der Waals surface area contributed by atoms with E-state index in [1.165, 1.54) is 5.56 Å². The minimum absolute atomic E-state index is 0.487. The fraction of sp³-hybridized carbons (Fsp3) is 0.273. The molecule has 2 nitrogen and oxygen atoms in total. The molecule has 0 unspecified atom stereocenters. The first kappa shape index (κ1) is 9.41. The van der Waals surface area contributed by atoms with Crippen molar-refractivity contribution in [2.75, 3.05) is 0 Å². The van der Waals surface area contributed by atoms with Crippen LogP contribution in [-0.2, 0) is 6.42 Å². The molecule has 0 atom stereocenters. The van der Waals surface area contributed by atoms with Crippen LogP contribution >= 0.6 is 11.6 Å². The van der Waals surface area contributed by atoms with E-state index in [1.807, 2.05) is 19.2 Å². The van der Waals surface area contributed by atoms with Crippen molar-refractivity contribution in [1.29, 1.82) is 0 Å². The molecular weight excluding hydrogens is 196 g/mol. The summed E-state index contributed by atoms with van der Waals surface area (Å²) in [5.41, 5.74) is 2.97. The zero-order chi connectivity index (χ0) is 10.1. The zero-order valence-electron chi connectivity index (χ0n) is 8.21. The van der Waals surface area contributed by atoms with E-state index in [-0.39, 0.29) is 0 Å². The Morgan fingerprint density at radius 2 is 2.14 bits per heavy atom. The average Bonchev–Trinajstić information content (AvgIpc) is 2.19. The minimum atomic E-state index is 0.487. The zero-order valence-corrected chi connectivity index (χ0v) is 8.97. The summed E-state index contributed by atoms with van der Waals surface area (Å²) < 4.78 is 0. The lowest BCUT2D eigenvalue weighted by Crippen LogP contribution is -1.91. The van der Waals surface area contributed by atoms with E-state index >= 15 is 0 Å². The molecule has 0 aliphatic heterocycles. The first-order valence-corrected chi connectivity index (χ1v) is 5.01. The average molecular weight is 207 g/mol. The molecule has 0 saturated heterocycles. The Hall–Kier alpha value is -1.15. The predicted molar refractivity (Wildman–Crippen MR) is 58.7 cm³/mol. The van der Waals surface area contributed by atoms with Gasteiger partial charge < -0.3 is 0 Å². The molecule has 0 aliphatic carbocycles. The number of nitrogens with zero attached hydrogens (tertiary/aromatic N) is 2. The molecule has 0 fully saturated rings. The van der Waals surface area contributed by atoms with Gasteiger partial charge in [-0.1, -0.05) is 24.6 Å². The minimum Gasteiger partial charge on any atom is -0.250 e. The van der Waals surface area contributed by atoms with Gasteiger partial charge in [0.25, 0.3) is 0 Å². The van der Waals surface area contributed by atoms with Crippen molar-refractivity contribution in [3.63, 3.8) is 0 Å². The summed E-state index contributed by atoms with van der Waals surface area (Å²) in [7, 11) is 0. The molecule has 0 radical (unpaired) electrons. The Kier molecular flexibility index (Phi) is 2.38. The Morgan fingerprint density at radius 1 is 1.36 bits per heavy atom. The highest BCUT2D eigenvalue weighted by Crippen LogP contribution is 2.23. The Bertz CT molecular complexity index is 480. The molecule has 14 heavy (non-hydrogen) atoms. The van der Waals surface area contributed by atoms with E-state index in [9.17, 15) is 0 Å². The van der Waals surface area contributed by atoms with E-state index in [0.29, 0.717) is 5.15 Å². The molecule has 2 rings (SSSR count). The fourth-order valence-corrected chi connectivity index (χ4v) is 1.71. The maximum absolute atomic E-state index is 5.98. The van der Waals surface area contributed by atoms with Gasteiger partial charge in [0.1, 0.15) is 5.52 Å². The second-order valence-corrected chi connectivity index (χ2v) is 3.63. The van der Waals surface area contributed by atoms with Gasteiger partial charge in [0.05, 0.1) is 0 Å². The number of halogens is 1. The van der Waals surface area contributed by atoms with Gasteiger partial charge in [0.15, 0.2) is 5.15 Å². The largest absolute Gasteiger partial charge is 0.250 e. The summed E-state index contributed by atoms with van der Waals surface area (Å²) >= 11 is 5.98. The quantitative estimate of drug-likeness (QED) is 0.670. The molecule has 0 amide bonds. The normalized spacial score (nSPS) is 10.8. The van der Waals surface area contributed by atoms with Crippen LogP contribution in [0.3, 0.4) is 0 Å². The Morgan fingerprint density at radius 3 is 2.86 bits per heavy atom. The van der Waals surface area contributed by atoms with Crippen LogP contribution in [0.2, 0.25) is 5.15 Å². The number of hydrogen-bond donors (Lipinski definition) is 0. The predicted octanol–water partition coefficient (Wildman–Crippen LogP) is 3.15. The number of aryl methyl sites for hydroxylation is 2. The van der Waals surface area contributed by atoms with Crippen LogP contribution in [0.4, 0.5) is 0 Å². The molecule has 0 N–H and O–H groups in total. The molecule has 0 spiro atoms. The Labute approximate surface area is 88.0 Å². The van der Waals surface area contributed by atoms with Crippen molar-refractivity contribution in [1.82, 2.24) is 9.97 Å². The number of fused-ring (bicyclic) bond motifs is 1.